The second kappa shape index (κ2) is 7.07. The summed E-state index contributed by atoms with van der Waals surface area (Å²) in [7, 11) is 1.66. The molecule has 0 aliphatic carbocycles. The summed E-state index contributed by atoms with van der Waals surface area (Å²) in [5.41, 5.74) is 3.24. The van der Waals surface area contributed by atoms with E-state index in [0.29, 0.717) is 19.6 Å². The van der Waals surface area contributed by atoms with Crippen molar-refractivity contribution in [3.8, 4) is 0 Å². The van der Waals surface area contributed by atoms with Crippen LogP contribution in [0.4, 0.5) is 5.69 Å². The van der Waals surface area contributed by atoms with E-state index < -0.39 is 5.60 Å². The standard InChI is InChI=1S/C16H26N2O2/c1-16(19,8-10-20-2)12-17-11-14-6-3-5-13-7-4-9-18-15(13)14/h3,5-6,17-19H,4,7-12H2,1-2H3. The summed E-state index contributed by atoms with van der Waals surface area (Å²) < 4.78 is 5.02. The molecule has 4 nitrogen and oxygen atoms in total. The number of ether oxygens (including phenoxy) is 1. The second-order valence-corrected chi connectivity index (χ2v) is 5.82. The van der Waals surface area contributed by atoms with Crippen molar-refractivity contribution in [2.45, 2.75) is 38.3 Å². The molecule has 1 atom stereocenters. The summed E-state index contributed by atoms with van der Waals surface area (Å²) in [5.74, 6) is 0. The normalized spacial score (nSPS) is 17.1. The van der Waals surface area contributed by atoms with Crippen LogP contribution in [0.5, 0.6) is 0 Å². The van der Waals surface area contributed by atoms with Crippen molar-refractivity contribution in [3.63, 3.8) is 0 Å². The topological polar surface area (TPSA) is 53.5 Å². The fraction of sp³-hybridized carbons (Fsp3) is 0.625. The summed E-state index contributed by atoms with van der Waals surface area (Å²) in [6.07, 6.45) is 3.00. The summed E-state index contributed by atoms with van der Waals surface area (Å²) in [6, 6.07) is 6.46. The molecule has 0 aromatic heterocycles. The average Bonchev–Trinajstić information content (AvgIpc) is 2.45. The molecule has 0 saturated heterocycles. The largest absolute Gasteiger partial charge is 0.389 e. The molecule has 1 unspecified atom stereocenters. The number of aryl methyl sites for hydroxylation is 1. The van der Waals surface area contributed by atoms with Gasteiger partial charge in [-0.2, -0.15) is 0 Å². The fourth-order valence-electron chi connectivity index (χ4n) is 2.61. The van der Waals surface area contributed by atoms with Gasteiger partial charge in [-0.25, -0.2) is 0 Å². The highest BCUT2D eigenvalue weighted by Gasteiger charge is 2.19. The zero-order chi connectivity index (χ0) is 14.4. The van der Waals surface area contributed by atoms with Crippen LogP contribution in [0, 0.1) is 0 Å². The fourth-order valence-corrected chi connectivity index (χ4v) is 2.61. The first-order valence-corrected chi connectivity index (χ1v) is 7.39. The van der Waals surface area contributed by atoms with Crippen LogP contribution in [-0.4, -0.2) is 37.5 Å². The minimum atomic E-state index is -0.724. The van der Waals surface area contributed by atoms with Crippen LogP contribution in [-0.2, 0) is 17.7 Å². The average molecular weight is 278 g/mol. The van der Waals surface area contributed by atoms with Crippen LogP contribution >= 0.6 is 0 Å². The minimum absolute atomic E-state index is 0.569. The molecule has 4 heteroatoms. The number of methoxy groups -OCH3 is 1. The molecule has 0 radical (unpaired) electrons. The first-order valence-electron chi connectivity index (χ1n) is 7.39. The Morgan fingerprint density at radius 2 is 2.30 bits per heavy atom. The molecule has 0 fully saturated rings. The number of hydrogen-bond donors (Lipinski definition) is 3. The van der Waals surface area contributed by atoms with Crippen LogP contribution in [0.15, 0.2) is 18.2 Å². The Morgan fingerprint density at radius 1 is 1.45 bits per heavy atom. The van der Waals surface area contributed by atoms with Gasteiger partial charge in [-0.15, -0.1) is 0 Å². The summed E-state index contributed by atoms with van der Waals surface area (Å²) in [4.78, 5) is 0. The number of fused-ring (bicyclic) bond motifs is 1. The third kappa shape index (κ3) is 4.20. The lowest BCUT2D eigenvalue weighted by molar-refractivity contribution is 0.0247. The molecule has 1 aliphatic rings. The Bertz CT molecular complexity index is 432. The highest BCUT2D eigenvalue weighted by Crippen LogP contribution is 2.25. The van der Waals surface area contributed by atoms with E-state index >= 15 is 0 Å². The van der Waals surface area contributed by atoms with Crippen LogP contribution in [0.2, 0.25) is 0 Å². The Balaban J connectivity index is 1.88. The molecule has 2 rings (SSSR count). The monoisotopic (exact) mass is 278 g/mol. The number of rotatable bonds is 7. The number of aliphatic hydroxyl groups is 1. The second-order valence-electron chi connectivity index (χ2n) is 5.82. The molecule has 20 heavy (non-hydrogen) atoms. The third-order valence-electron chi connectivity index (χ3n) is 3.83. The van der Waals surface area contributed by atoms with Crippen LogP contribution in [0.3, 0.4) is 0 Å². The Labute approximate surface area is 121 Å². The first kappa shape index (κ1) is 15.3. The molecule has 112 valence electrons. The van der Waals surface area contributed by atoms with Gasteiger partial charge in [-0.1, -0.05) is 18.2 Å². The van der Waals surface area contributed by atoms with Gasteiger partial charge in [0.15, 0.2) is 0 Å². The van der Waals surface area contributed by atoms with E-state index in [4.69, 9.17) is 4.74 Å². The van der Waals surface area contributed by atoms with Crippen molar-refractivity contribution >= 4 is 5.69 Å². The summed E-state index contributed by atoms with van der Waals surface area (Å²) in [5, 5.41) is 17.0. The lowest BCUT2D eigenvalue weighted by Gasteiger charge is -2.25. The minimum Gasteiger partial charge on any atom is -0.389 e. The third-order valence-corrected chi connectivity index (χ3v) is 3.83. The summed E-state index contributed by atoms with van der Waals surface area (Å²) in [6.45, 7) is 4.82. The Morgan fingerprint density at radius 3 is 3.10 bits per heavy atom. The van der Waals surface area contributed by atoms with E-state index in [9.17, 15) is 5.11 Å². The van der Waals surface area contributed by atoms with E-state index in [1.54, 1.807) is 7.11 Å². The predicted octanol–water partition coefficient (Wildman–Crippen LogP) is 1.92. The Hall–Kier alpha value is -1.10. The first-order chi connectivity index (χ1) is 9.62. The lowest BCUT2D eigenvalue weighted by atomic mass is 9.99. The molecule has 1 aromatic rings. The lowest BCUT2D eigenvalue weighted by Crippen LogP contribution is -2.38. The van der Waals surface area contributed by atoms with Gasteiger partial charge in [0.05, 0.1) is 5.60 Å². The van der Waals surface area contributed by atoms with Gasteiger partial charge in [0.25, 0.3) is 0 Å². The van der Waals surface area contributed by atoms with Gasteiger partial charge in [0, 0.05) is 45.5 Å². The molecule has 0 spiro atoms. The maximum Gasteiger partial charge on any atom is 0.0765 e. The van der Waals surface area contributed by atoms with E-state index in [0.717, 1.165) is 19.5 Å². The number of anilines is 1. The van der Waals surface area contributed by atoms with E-state index in [2.05, 4.69) is 28.8 Å². The molecule has 0 saturated carbocycles. The van der Waals surface area contributed by atoms with Crippen molar-refractivity contribution in [2.24, 2.45) is 0 Å². The van der Waals surface area contributed by atoms with E-state index in [-0.39, 0.29) is 0 Å². The molecular weight excluding hydrogens is 252 g/mol. The smallest absolute Gasteiger partial charge is 0.0765 e. The van der Waals surface area contributed by atoms with Gasteiger partial charge in [0.1, 0.15) is 0 Å². The van der Waals surface area contributed by atoms with Crippen molar-refractivity contribution in [1.29, 1.82) is 0 Å². The van der Waals surface area contributed by atoms with Crippen LogP contribution in [0.25, 0.3) is 0 Å². The van der Waals surface area contributed by atoms with Crippen molar-refractivity contribution < 1.29 is 9.84 Å². The van der Waals surface area contributed by atoms with Crippen molar-refractivity contribution in [1.82, 2.24) is 5.32 Å². The van der Waals surface area contributed by atoms with Gasteiger partial charge in [-0.3, -0.25) is 0 Å². The highest BCUT2D eigenvalue weighted by atomic mass is 16.5. The quantitative estimate of drug-likeness (QED) is 0.713. The zero-order valence-electron chi connectivity index (χ0n) is 12.5. The molecule has 3 N–H and O–H groups in total. The maximum absolute atomic E-state index is 10.2. The number of hydrogen-bond acceptors (Lipinski definition) is 4. The van der Waals surface area contributed by atoms with Gasteiger partial charge < -0.3 is 20.5 Å². The van der Waals surface area contributed by atoms with Crippen LogP contribution < -0.4 is 10.6 Å². The van der Waals surface area contributed by atoms with Gasteiger partial charge >= 0.3 is 0 Å². The number of benzene rings is 1. The number of para-hydroxylation sites is 1. The predicted molar refractivity (Wildman–Crippen MR) is 82.1 cm³/mol. The molecule has 1 aliphatic heterocycles. The summed E-state index contributed by atoms with van der Waals surface area (Å²) >= 11 is 0. The molecule has 0 amide bonds. The van der Waals surface area contributed by atoms with E-state index in [1.165, 1.54) is 23.2 Å². The van der Waals surface area contributed by atoms with Crippen molar-refractivity contribution in [2.75, 3.05) is 32.1 Å². The maximum atomic E-state index is 10.2. The Kier molecular flexibility index (Phi) is 5.40. The SMILES string of the molecule is COCCC(C)(O)CNCc1cccc2c1NCCC2. The zero-order valence-corrected chi connectivity index (χ0v) is 12.5. The molecule has 1 aromatic carbocycles. The molecule has 0 bridgehead atoms. The van der Waals surface area contributed by atoms with Crippen LogP contribution in [0.1, 0.15) is 30.9 Å². The number of nitrogens with one attached hydrogen (secondary N) is 2. The van der Waals surface area contributed by atoms with Crippen molar-refractivity contribution in [3.05, 3.63) is 29.3 Å². The highest BCUT2D eigenvalue weighted by molar-refractivity contribution is 5.59. The van der Waals surface area contributed by atoms with Gasteiger partial charge in [-0.05, 0) is 30.9 Å². The van der Waals surface area contributed by atoms with Gasteiger partial charge in [0.2, 0.25) is 0 Å². The molecular formula is C16H26N2O2. The van der Waals surface area contributed by atoms with E-state index in [1.807, 2.05) is 6.92 Å². The molecule has 1 heterocycles.